The Bertz CT molecular complexity index is 998. The highest BCUT2D eigenvalue weighted by Gasteiger charge is 2.33. The molecule has 3 heterocycles. The van der Waals surface area contributed by atoms with Crippen molar-refractivity contribution in [2.45, 2.75) is 25.8 Å². The van der Waals surface area contributed by atoms with Crippen LogP contribution in [0, 0.1) is 5.92 Å². The zero-order valence-corrected chi connectivity index (χ0v) is 16.9. The SMILES string of the molecule is O=C(NCCCn1ccnc1)C1CC(=O)N(CCc2c[nH]c3ccc(Cl)cc23)C1. The van der Waals surface area contributed by atoms with Crippen LogP contribution in [0.1, 0.15) is 18.4 Å². The van der Waals surface area contributed by atoms with Gasteiger partial charge >= 0.3 is 0 Å². The number of nitrogens with zero attached hydrogens (tertiary/aromatic N) is 3. The van der Waals surface area contributed by atoms with Gasteiger partial charge in [-0.05, 0) is 36.6 Å². The summed E-state index contributed by atoms with van der Waals surface area (Å²) in [6.07, 6.45) is 9.20. The average molecular weight is 414 g/mol. The lowest BCUT2D eigenvalue weighted by atomic mass is 10.1. The van der Waals surface area contributed by atoms with E-state index in [0.29, 0.717) is 24.7 Å². The number of rotatable bonds is 8. The summed E-state index contributed by atoms with van der Waals surface area (Å²) in [5.41, 5.74) is 2.16. The Labute approximate surface area is 174 Å². The predicted molar refractivity (Wildman–Crippen MR) is 112 cm³/mol. The van der Waals surface area contributed by atoms with Crippen molar-refractivity contribution in [3.8, 4) is 0 Å². The van der Waals surface area contributed by atoms with Crippen molar-refractivity contribution >= 4 is 34.3 Å². The van der Waals surface area contributed by atoms with Gasteiger partial charge in [0.15, 0.2) is 0 Å². The molecule has 7 nitrogen and oxygen atoms in total. The van der Waals surface area contributed by atoms with Crippen molar-refractivity contribution in [3.63, 3.8) is 0 Å². The van der Waals surface area contributed by atoms with Gasteiger partial charge in [0, 0.05) is 67.1 Å². The predicted octanol–water partition coefficient (Wildman–Crippen LogP) is 2.62. The van der Waals surface area contributed by atoms with E-state index in [1.54, 1.807) is 17.4 Å². The van der Waals surface area contributed by atoms with Crippen LogP contribution >= 0.6 is 11.6 Å². The smallest absolute Gasteiger partial charge is 0.225 e. The van der Waals surface area contributed by atoms with Crippen molar-refractivity contribution in [1.82, 2.24) is 24.8 Å². The van der Waals surface area contributed by atoms with Gasteiger partial charge < -0.3 is 19.8 Å². The molecule has 1 aliphatic heterocycles. The number of nitrogens with one attached hydrogen (secondary N) is 2. The van der Waals surface area contributed by atoms with Crippen LogP contribution in [0.25, 0.3) is 10.9 Å². The van der Waals surface area contributed by atoms with E-state index in [2.05, 4.69) is 15.3 Å². The highest BCUT2D eigenvalue weighted by molar-refractivity contribution is 6.31. The quantitative estimate of drug-likeness (QED) is 0.557. The molecule has 1 aromatic carbocycles. The Morgan fingerprint density at radius 2 is 2.24 bits per heavy atom. The lowest BCUT2D eigenvalue weighted by Gasteiger charge is -2.16. The summed E-state index contributed by atoms with van der Waals surface area (Å²) < 4.78 is 1.98. The number of carbonyl (C=O) groups is 2. The van der Waals surface area contributed by atoms with Gasteiger partial charge in [-0.2, -0.15) is 0 Å². The first-order chi connectivity index (χ1) is 14.1. The van der Waals surface area contributed by atoms with Crippen LogP contribution < -0.4 is 5.32 Å². The van der Waals surface area contributed by atoms with Crippen LogP contribution in [-0.2, 0) is 22.6 Å². The van der Waals surface area contributed by atoms with Crippen LogP contribution in [0.5, 0.6) is 0 Å². The van der Waals surface area contributed by atoms with Gasteiger partial charge in [-0.3, -0.25) is 9.59 Å². The fourth-order valence-electron chi connectivity index (χ4n) is 3.81. The van der Waals surface area contributed by atoms with Gasteiger partial charge in [0.2, 0.25) is 11.8 Å². The highest BCUT2D eigenvalue weighted by Crippen LogP contribution is 2.24. The number of fused-ring (bicyclic) bond motifs is 1. The average Bonchev–Trinajstić information content (AvgIpc) is 3.44. The largest absolute Gasteiger partial charge is 0.361 e. The van der Waals surface area contributed by atoms with Gasteiger partial charge in [0.05, 0.1) is 12.2 Å². The number of H-pyrrole nitrogens is 1. The number of likely N-dealkylation sites (tertiary alicyclic amines) is 1. The lowest BCUT2D eigenvalue weighted by Crippen LogP contribution is -2.34. The number of halogens is 1. The lowest BCUT2D eigenvalue weighted by molar-refractivity contribution is -0.129. The van der Waals surface area contributed by atoms with Gasteiger partial charge in [-0.25, -0.2) is 4.98 Å². The minimum atomic E-state index is -0.270. The first-order valence-corrected chi connectivity index (χ1v) is 10.2. The second-order valence-corrected chi connectivity index (χ2v) is 7.88. The fraction of sp³-hybridized carbons (Fsp3) is 0.381. The second-order valence-electron chi connectivity index (χ2n) is 7.44. The number of imidazole rings is 1. The molecule has 8 heteroatoms. The van der Waals surface area contributed by atoms with Crippen LogP contribution in [0.3, 0.4) is 0 Å². The minimum Gasteiger partial charge on any atom is -0.361 e. The number of aryl methyl sites for hydroxylation is 1. The zero-order valence-electron chi connectivity index (χ0n) is 16.1. The van der Waals surface area contributed by atoms with Crippen LogP contribution in [0.4, 0.5) is 0 Å². The molecular weight excluding hydrogens is 390 g/mol. The van der Waals surface area contributed by atoms with Crippen molar-refractivity contribution in [1.29, 1.82) is 0 Å². The third-order valence-electron chi connectivity index (χ3n) is 5.42. The molecule has 3 aromatic rings. The van der Waals surface area contributed by atoms with E-state index in [0.717, 1.165) is 35.9 Å². The van der Waals surface area contributed by atoms with E-state index in [-0.39, 0.29) is 24.2 Å². The maximum absolute atomic E-state index is 12.4. The first-order valence-electron chi connectivity index (χ1n) is 9.87. The molecule has 29 heavy (non-hydrogen) atoms. The van der Waals surface area contributed by atoms with E-state index in [1.807, 2.05) is 35.2 Å². The number of amides is 2. The number of aromatic amines is 1. The molecular formula is C21H24ClN5O2. The van der Waals surface area contributed by atoms with E-state index >= 15 is 0 Å². The highest BCUT2D eigenvalue weighted by atomic mass is 35.5. The van der Waals surface area contributed by atoms with Crippen LogP contribution in [0.15, 0.2) is 43.1 Å². The van der Waals surface area contributed by atoms with Crippen LogP contribution in [0.2, 0.25) is 5.02 Å². The van der Waals surface area contributed by atoms with Crippen molar-refractivity contribution in [2.75, 3.05) is 19.6 Å². The number of hydrogen-bond acceptors (Lipinski definition) is 3. The molecule has 0 spiro atoms. The molecule has 1 aliphatic rings. The molecule has 1 atom stereocenters. The summed E-state index contributed by atoms with van der Waals surface area (Å²) in [5.74, 6) is -0.264. The molecule has 2 N–H and O–H groups in total. The topological polar surface area (TPSA) is 83.0 Å². The summed E-state index contributed by atoms with van der Waals surface area (Å²) in [5, 5.41) is 4.73. The monoisotopic (exact) mass is 413 g/mol. The third-order valence-corrected chi connectivity index (χ3v) is 5.65. The molecule has 2 amide bonds. The molecule has 1 saturated heterocycles. The molecule has 0 radical (unpaired) electrons. The standard InChI is InChI=1S/C21H24ClN5O2/c22-17-2-3-19-18(11-17)15(12-25-19)4-8-27-13-16(10-20(27)28)21(29)24-5-1-7-26-9-6-23-14-26/h2-3,6,9,11-12,14,16,25H,1,4-5,7-8,10,13H2,(H,24,29). The summed E-state index contributed by atoms with van der Waals surface area (Å²) in [4.78, 5) is 33.8. The summed E-state index contributed by atoms with van der Waals surface area (Å²) >= 11 is 6.11. The van der Waals surface area contributed by atoms with Gasteiger partial charge in [-0.15, -0.1) is 0 Å². The van der Waals surface area contributed by atoms with Crippen LogP contribution in [-0.4, -0.2) is 50.9 Å². The number of carbonyl (C=O) groups excluding carboxylic acids is 2. The fourth-order valence-corrected chi connectivity index (χ4v) is 3.99. The Kier molecular flexibility index (Phi) is 5.85. The Balaban J connectivity index is 1.25. The van der Waals surface area contributed by atoms with Crippen molar-refractivity contribution in [3.05, 3.63) is 53.7 Å². The number of benzene rings is 1. The number of aromatic nitrogens is 3. The Morgan fingerprint density at radius 3 is 3.07 bits per heavy atom. The van der Waals surface area contributed by atoms with E-state index < -0.39 is 0 Å². The maximum atomic E-state index is 12.4. The Morgan fingerprint density at radius 1 is 1.34 bits per heavy atom. The van der Waals surface area contributed by atoms with Gasteiger partial charge in [-0.1, -0.05) is 11.6 Å². The maximum Gasteiger partial charge on any atom is 0.225 e. The van der Waals surface area contributed by atoms with E-state index in [4.69, 9.17) is 11.6 Å². The van der Waals surface area contributed by atoms with Crippen molar-refractivity contribution in [2.24, 2.45) is 5.92 Å². The van der Waals surface area contributed by atoms with E-state index in [9.17, 15) is 9.59 Å². The molecule has 1 fully saturated rings. The molecule has 4 rings (SSSR count). The molecule has 0 saturated carbocycles. The summed E-state index contributed by atoms with van der Waals surface area (Å²) in [6.45, 7) is 2.49. The summed E-state index contributed by atoms with van der Waals surface area (Å²) in [6, 6.07) is 5.75. The molecule has 0 bridgehead atoms. The number of hydrogen-bond donors (Lipinski definition) is 2. The van der Waals surface area contributed by atoms with Crippen molar-refractivity contribution < 1.29 is 9.59 Å². The molecule has 2 aromatic heterocycles. The minimum absolute atomic E-state index is 0.0367. The van der Waals surface area contributed by atoms with E-state index in [1.165, 1.54) is 0 Å². The Hall–Kier alpha value is -2.80. The second kappa shape index (κ2) is 8.69. The summed E-state index contributed by atoms with van der Waals surface area (Å²) in [7, 11) is 0. The van der Waals surface area contributed by atoms with Gasteiger partial charge in [0.25, 0.3) is 0 Å². The first kappa shape index (κ1) is 19.5. The normalized spacial score (nSPS) is 16.7. The molecule has 152 valence electrons. The molecule has 1 unspecified atom stereocenters. The zero-order chi connectivity index (χ0) is 20.2. The van der Waals surface area contributed by atoms with Gasteiger partial charge in [0.1, 0.15) is 0 Å². The third kappa shape index (κ3) is 4.62. The molecule has 0 aliphatic carbocycles.